The van der Waals surface area contributed by atoms with Gasteiger partial charge in [-0.25, -0.2) is 23.7 Å². The standard InChI is InChI=1S/C25H21F5N6O/c26-19-5-4-16(20(27)10-19)13-33-23-11-21(22(37)3-1-2-7-36-8-6-31-15-36)34-24(35-23)17-9-18(14-32-12-17)25(28,29)30/h4-6,8-12,14-15H,1-3,7,13H2,(H,33,34,35). The lowest BCUT2D eigenvalue weighted by Gasteiger charge is -2.12. The van der Waals surface area contributed by atoms with E-state index >= 15 is 0 Å². The second-order valence-electron chi connectivity index (χ2n) is 8.19. The number of benzene rings is 1. The van der Waals surface area contributed by atoms with Gasteiger partial charge >= 0.3 is 6.18 Å². The van der Waals surface area contributed by atoms with Crippen molar-refractivity contribution < 1.29 is 26.7 Å². The van der Waals surface area contributed by atoms with Crippen molar-refractivity contribution in [2.24, 2.45) is 0 Å². The molecule has 0 unspecified atom stereocenters. The van der Waals surface area contributed by atoms with Crippen LogP contribution in [0.2, 0.25) is 0 Å². The summed E-state index contributed by atoms with van der Waals surface area (Å²) in [5, 5.41) is 2.84. The molecule has 4 aromatic rings. The molecule has 3 aromatic heterocycles. The second kappa shape index (κ2) is 11.2. The number of aromatic nitrogens is 5. The maximum Gasteiger partial charge on any atom is 0.417 e. The van der Waals surface area contributed by atoms with Crippen molar-refractivity contribution in [1.29, 1.82) is 0 Å². The Bertz CT molecular complexity index is 1370. The summed E-state index contributed by atoms with van der Waals surface area (Å²) >= 11 is 0. The van der Waals surface area contributed by atoms with E-state index in [2.05, 4.69) is 25.3 Å². The van der Waals surface area contributed by atoms with Gasteiger partial charge in [0.05, 0.1) is 11.9 Å². The van der Waals surface area contributed by atoms with Crippen LogP contribution in [0.15, 0.2) is 61.4 Å². The zero-order chi connectivity index (χ0) is 26.4. The van der Waals surface area contributed by atoms with E-state index in [0.717, 1.165) is 24.4 Å². The quantitative estimate of drug-likeness (QED) is 0.165. The number of carbonyl (C=O) groups excluding carboxylic acids is 1. The molecule has 0 bridgehead atoms. The minimum absolute atomic E-state index is 0.00730. The number of pyridine rings is 1. The van der Waals surface area contributed by atoms with Gasteiger partial charge in [-0.3, -0.25) is 9.78 Å². The van der Waals surface area contributed by atoms with E-state index in [4.69, 9.17) is 0 Å². The van der Waals surface area contributed by atoms with Crippen molar-refractivity contribution >= 4 is 11.6 Å². The third-order valence-electron chi connectivity index (χ3n) is 5.44. The molecule has 192 valence electrons. The van der Waals surface area contributed by atoms with Crippen molar-refractivity contribution in [3.63, 3.8) is 0 Å². The number of Topliss-reactive ketones (excluding diaryl/α,β-unsaturated/α-hetero) is 1. The van der Waals surface area contributed by atoms with Crippen LogP contribution in [0.25, 0.3) is 11.4 Å². The van der Waals surface area contributed by atoms with E-state index in [1.807, 2.05) is 10.8 Å². The number of nitrogens with one attached hydrogen (secondary N) is 1. The summed E-state index contributed by atoms with van der Waals surface area (Å²) in [5.41, 5.74) is -0.907. The summed E-state index contributed by atoms with van der Waals surface area (Å²) < 4.78 is 68.8. The monoisotopic (exact) mass is 516 g/mol. The van der Waals surface area contributed by atoms with E-state index in [0.29, 0.717) is 25.6 Å². The van der Waals surface area contributed by atoms with Gasteiger partial charge in [-0.1, -0.05) is 6.07 Å². The molecule has 0 atom stereocenters. The van der Waals surface area contributed by atoms with Crippen LogP contribution in [-0.2, 0) is 19.3 Å². The molecule has 0 aliphatic rings. The molecule has 4 rings (SSSR count). The van der Waals surface area contributed by atoms with Crippen LogP contribution < -0.4 is 5.32 Å². The maximum atomic E-state index is 14.0. The fraction of sp³-hybridized carbons (Fsp3) is 0.240. The number of nitrogens with zero attached hydrogens (tertiary/aromatic N) is 5. The molecule has 0 fully saturated rings. The molecule has 0 saturated carbocycles. The smallest absolute Gasteiger partial charge is 0.366 e. The lowest BCUT2D eigenvalue weighted by molar-refractivity contribution is -0.137. The second-order valence-corrected chi connectivity index (χ2v) is 8.19. The predicted octanol–water partition coefficient (Wildman–Crippen LogP) is 5.70. The Kier molecular flexibility index (Phi) is 7.85. The normalized spacial score (nSPS) is 11.5. The number of rotatable bonds is 10. The van der Waals surface area contributed by atoms with Crippen molar-refractivity contribution in [3.8, 4) is 11.4 Å². The summed E-state index contributed by atoms with van der Waals surface area (Å²) in [6.45, 7) is 0.566. The summed E-state index contributed by atoms with van der Waals surface area (Å²) in [6, 6.07) is 5.27. The van der Waals surface area contributed by atoms with Crippen LogP contribution in [0.5, 0.6) is 0 Å². The topological polar surface area (TPSA) is 85.6 Å². The summed E-state index contributed by atoms with van der Waals surface area (Å²) in [5.74, 6) is -1.90. The third kappa shape index (κ3) is 6.93. The Morgan fingerprint density at radius 1 is 1.00 bits per heavy atom. The summed E-state index contributed by atoms with van der Waals surface area (Å²) in [4.78, 5) is 28.9. The van der Waals surface area contributed by atoms with E-state index in [9.17, 15) is 26.7 Å². The maximum absolute atomic E-state index is 14.0. The van der Waals surface area contributed by atoms with Crippen LogP contribution in [0.1, 0.15) is 40.9 Å². The molecule has 0 amide bonds. The van der Waals surface area contributed by atoms with Gasteiger partial charge in [0, 0.05) is 67.6 Å². The highest BCUT2D eigenvalue weighted by Crippen LogP contribution is 2.31. The minimum atomic E-state index is -4.63. The van der Waals surface area contributed by atoms with Crippen molar-refractivity contribution in [2.45, 2.75) is 38.5 Å². The van der Waals surface area contributed by atoms with E-state index in [-0.39, 0.29) is 47.2 Å². The Morgan fingerprint density at radius 2 is 1.84 bits per heavy atom. The number of hydrogen-bond donors (Lipinski definition) is 1. The van der Waals surface area contributed by atoms with Crippen LogP contribution in [-0.4, -0.2) is 30.3 Å². The zero-order valence-electron chi connectivity index (χ0n) is 19.3. The number of hydrogen-bond acceptors (Lipinski definition) is 6. The fourth-order valence-electron chi connectivity index (χ4n) is 3.50. The van der Waals surface area contributed by atoms with Gasteiger partial charge in [0.1, 0.15) is 23.1 Å². The molecular formula is C25H21F5N6O. The lowest BCUT2D eigenvalue weighted by atomic mass is 10.1. The predicted molar refractivity (Wildman–Crippen MR) is 124 cm³/mol. The Balaban J connectivity index is 1.57. The minimum Gasteiger partial charge on any atom is -0.366 e. The van der Waals surface area contributed by atoms with Gasteiger partial charge in [-0.05, 0) is 25.0 Å². The highest BCUT2D eigenvalue weighted by Gasteiger charge is 2.31. The summed E-state index contributed by atoms with van der Waals surface area (Å²) in [7, 11) is 0. The van der Waals surface area contributed by atoms with Gasteiger partial charge < -0.3 is 9.88 Å². The number of halogens is 5. The van der Waals surface area contributed by atoms with Crippen molar-refractivity contribution in [3.05, 3.63) is 89.9 Å². The molecule has 0 aliphatic heterocycles. The number of unbranched alkanes of at least 4 members (excludes halogenated alkanes) is 1. The van der Waals surface area contributed by atoms with E-state index in [1.54, 1.807) is 12.5 Å². The highest BCUT2D eigenvalue weighted by atomic mass is 19.4. The van der Waals surface area contributed by atoms with Gasteiger partial charge in [-0.2, -0.15) is 13.2 Å². The fourth-order valence-corrected chi connectivity index (χ4v) is 3.50. The van der Waals surface area contributed by atoms with E-state index < -0.39 is 23.4 Å². The number of carbonyl (C=O) groups is 1. The average molecular weight is 516 g/mol. The van der Waals surface area contributed by atoms with Crippen LogP contribution >= 0.6 is 0 Å². The molecular weight excluding hydrogens is 495 g/mol. The first kappa shape index (κ1) is 25.9. The first-order chi connectivity index (χ1) is 17.7. The lowest BCUT2D eigenvalue weighted by Crippen LogP contribution is -2.10. The van der Waals surface area contributed by atoms with E-state index in [1.165, 1.54) is 12.1 Å². The van der Waals surface area contributed by atoms with Crippen molar-refractivity contribution in [2.75, 3.05) is 5.32 Å². The third-order valence-corrected chi connectivity index (χ3v) is 5.44. The summed E-state index contributed by atoms with van der Waals surface area (Å²) in [6.07, 6.45) is 3.74. The molecule has 0 radical (unpaired) electrons. The number of aryl methyl sites for hydroxylation is 1. The van der Waals surface area contributed by atoms with Crippen molar-refractivity contribution in [1.82, 2.24) is 24.5 Å². The Labute approximate surface area is 208 Å². The molecule has 0 aliphatic carbocycles. The molecule has 7 nitrogen and oxygen atoms in total. The molecule has 1 N–H and O–H groups in total. The Morgan fingerprint density at radius 3 is 2.57 bits per heavy atom. The number of alkyl halides is 3. The number of ketones is 1. The molecule has 0 saturated heterocycles. The zero-order valence-corrected chi connectivity index (χ0v) is 19.3. The highest BCUT2D eigenvalue weighted by molar-refractivity contribution is 5.95. The van der Waals surface area contributed by atoms with Crippen LogP contribution in [0.4, 0.5) is 27.8 Å². The largest absolute Gasteiger partial charge is 0.417 e. The van der Waals surface area contributed by atoms with Crippen LogP contribution in [0.3, 0.4) is 0 Å². The average Bonchev–Trinajstić information content (AvgIpc) is 3.39. The van der Waals surface area contributed by atoms with Gasteiger partial charge in [0.25, 0.3) is 0 Å². The van der Waals surface area contributed by atoms with Gasteiger partial charge in [0.2, 0.25) is 0 Å². The number of anilines is 1. The SMILES string of the molecule is O=C(CCCCn1ccnc1)c1cc(NCc2ccc(F)cc2F)nc(-c2cncc(C(F)(F)F)c2)n1. The van der Waals surface area contributed by atoms with Gasteiger partial charge in [-0.15, -0.1) is 0 Å². The molecule has 3 heterocycles. The molecule has 12 heteroatoms. The first-order valence-corrected chi connectivity index (χ1v) is 11.3. The number of imidazole rings is 1. The first-order valence-electron chi connectivity index (χ1n) is 11.3. The Hall–Kier alpha value is -4.22. The van der Waals surface area contributed by atoms with Crippen LogP contribution in [0, 0.1) is 11.6 Å². The molecule has 37 heavy (non-hydrogen) atoms. The molecule has 0 spiro atoms. The van der Waals surface area contributed by atoms with Gasteiger partial charge in [0.15, 0.2) is 11.6 Å². The molecule has 1 aromatic carbocycles.